The molecule has 0 spiro atoms. The van der Waals surface area contributed by atoms with E-state index in [1.165, 1.54) is 0 Å². The highest BCUT2D eigenvalue weighted by Crippen LogP contribution is 2.22. The summed E-state index contributed by atoms with van der Waals surface area (Å²) in [6, 6.07) is 7.52. The molecular weight excluding hydrogens is 302 g/mol. The normalized spacial score (nSPS) is 10.1. The molecule has 1 aromatic heterocycles. The number of benzene rings is 1. The van der Waals surface area contributed by atoms with Gasteiger partial charge in [0.15, 0.2) is 0 Å². The summed E-state index contributed by atoms with van der Waals surface area (Å²) >= 11 is 0. The summed E-state index contributed by atoms with van der Waals surface area (Å²) in [5.74, 6) is 0.480. The molecule has 0 saturated carbocycles. The van der Waals surface area contributed by atoms with Gasteiger partial charge in [-0.25, -0.2) is 9.97 Å². The fourth-order valence-electron chi connectivity index (χ4n) is 2.31. The summed E-state index contributed by atoms with van der Waals surface area (Å²) in [6.45, 7) is 5.76. The molecule has 0 saturated heterocycles. The van der Waals surface area contributed by atoms with Crippen LogP contribution in [0.3, 0.4) is 0 Å². The molecule has 1 amide bonds. The second-order valence-electron chi connectivity index (χ2n) is 5.63. The largest absolute Gasteiger partial charge is 0.324 e. The molecular formula is C18H21N5O. The Bertz CT molecular complexity index is 794. The molecule has 2 rings (SSSR count). The van der Waals surface area contributed by atoms with E-state index in [0.29, 0.717) is 29.3 Å². The fourth-order valence-corrected chi connectivity index (χ4v) is 2.31. The van der Waals surface area contributed by atoms with Crippen LogP contribution in [0.4, 0.5) is 17.3 Å². The van der Waals surface area contributed by atoms with E-state index in [1.807, 2.05) is 26.8 Å². The summed E-state index contributed by atoms with van der Waals surface area (Å²) in [6.07, 6.45) is 2.94. The van der Waals surface area contributed by atoms with Crippen LogP contribution < -0.4 is 10.2 Å². The number of carbonyl (C=O) groups excluding carboxylic acids is 1. The number of hydrogen-bond donors (Lipinski definition) is 1. The highest BCUT2D eigenvalue weighted by molar-refractivity contribution is 5.93. The number of nitriles is 1. The third kappa shape index (κ3) is 3.87. The van der Waals surface area contributed by atoms with Crippen molar-refractivity contribution in [3.05, 3.63) is 41.2 Å². The lowest BCUT2D eigenvalue weighted by atomic mass is 10.1. The van der Waals surface area contributed by atoms with Gasteiger partial charge in [0.05, 0.1) is 29.2 Å². The van der Waals surface area contributed by atoms with Crippen molar-refractivity contribution in [1.29, 1.82) is 5.26 Å². The van der Waals surface area contributed by atoms with Crippen LogP contribution >= 0.6 is 0 Å². The molecule has 0 bridgehead atoms. The average molecular weight is 323 g/mol. The highest BCUT2D eigenvalue weighted by atomic mass is 16.2. The van der Waals surface area contributed by atoms with Gasteiger partial charge in [-0.3, -0.25) is 4.79 Å². The van der Waals surface area contributed by atoms with Crippen molar-refractivity contribution in [2.24, 2.45) is 0 Å². The molecule has 1 heterocycles. The SMILES string of the molecule is CCCC(=O)N(C)c1cnc(Nc2cc(C#N)ccc2C)nc1C. The van der Waals surface area contributed by atoms with Crippen LogP contribution in [0.15, 0.2) is 24.4 Å². The molecule has 0 radical (unpaired) electrons. The zero-order chi connectivity index (χ0) is 17.7. The first-order valence-electron chi connectivity index (χ1n) is 7.84. The Labute approximate surface area is 142 Å². The maximum Gasteiger partial charge on any atom is 0.227 e. The van der Waals surface area contributed by atoms with Crippen LogP contribution in [-0.4, -0.2) is 22.9 Å². The number of hydrogen-bond acceptors (Lipinski definition) is 5. The summed E-state index contributed by atoms with van der Waals surface area (Å²) < 4.78 is 0. The number of carbonyl (C=O) groups is 1. The lowest BCUT2D eigenvalue weighted by molar-refractivity contribution is -0.118. The van der Waals surface area contributed by atoms with E-state index in [4.69, 9.17) is 5.26 Å². The van der Waals surface area contributed by atoms with Gasteiger partial charge in [-0.1, -0.05) is 13.0 Å². The molecule has 0 atom stereocenters. The molecule has 0 unspecified atom stereocenters. The maximum atomic E-state index is 12.0. The minimum atomic E-state index is 0.0440. The lowest BCUT2D eigenvalue weighted by Gasteiger charge is -2.19. The van der Waals surface area contributed by atoms with E-state index >= 15 is 0 Å². The minimum Gasteiger partial charge on any atom is -0.324 e. The fraction of sp³-hybridized carbons (Fsp3) is 0.333. The van der Waals surface area contributed by atoms with Crippen LogP contribution in [0.5, 0.6) is 0 Å². The average Bonchev–Trinajstić information content (AvgIpc) is 2.56. The minimum absolute atomic E-state index is 0.0440. The standard InChI is InChI=1S/C18H21N5O/c1-5-6-17(24)23(4)16-11-20-18(21-13(16)3)22-15-9-14(10-19)8-7-12(15)2/h7-9,11H,5-6H2,1-4H3,(H,20,21,22). The molecule has 0 aliphatic heterocycles. The van der Waals surface area contributed by atoms with E-state index < -0.39 is 0 Å². The molecule has 6 nitrogen and oxygen atoms in total. The summed E-state index contributed by atoms with van der Waals surface area (Å²) in [5, 5.41) is 12.1. The Balaban J connectivity index is 2.24. The first-order chi connectivity index (χ1) is 11.5. The predicted octanol–water partition coefficient (Wildman–Crippen LogP) is 3.47. The molecule has 6 heteroatoms. The smallest absolute Gasteiger partial charge is 0.227 e. The van der Waals surface area contributed by atoms with Gasteiger partial charge in [-0.15, -0.1) is 0 Å². The molecule has 24 heavy (non-hydrogen) atoms. The van der Waals surface area contributed by atoms with E-state index in [2.05, 4.69) is 21.4 Å². The van der Waals surface area contributed by atoms with Crippen molar-refractivity contribution >= 4 is 23.2 Å². The van der Waals surface area contributed by atoms with Gasteiger partial charge in [0.2, 0.25) is 11.9 Å². The van der Waals surface area contributed by atoms with Gasteiger partial charge in [-0.05, 0) is 38.0 Å². The van der Waals surface area contributed by atoms with Crippen molar-refractivity contribution in [3.8, 4) is 6.07 Å². The van der Waals surface area contributed by atoms with Gasteiger partial charge in [0.25, 0.3) is 0 Å². The molecule has 124 valence electrons. The Hall–Kier alpha value is -2.94. The van der Waals surface area contributed by atoms with Crippen molar-refractivity contribution in [1.82, 2.24) is 9.97 Å². The van der Waals surface area contributed by atoms with E-state index in [1.54, 1.807) is 30.3 Å². The molecule has 1 N–H and O–H groups in total. The van der Waals surface area contributed by atoms with Gasteiger partial charge in [-0.2, -0.15) is 5.26 Å². The Morgan fingerprint density at radius 3 is 2.75 bits per heavy atom. The Morgan fingerprint density at radius 1 is 1.38 bits per heavy atom. The van der Waals surface area contributed by atoms with Crippen LogP contribution in [0.25, 0.3) is 0 Å². The lowest BCUT2D eigenvalue weighted by Crippen LogP contribution is -2.27. The molecule has 0 aliphatic carbocycles. The van der Waals surface area contributed by atoms with E-state index in [0.717, 1.165) is 17.7 Å². The number of amides is 1. The number of aromatic nitrogens is 2. The zero-order valence-corrected chi connectivity index (χ0v) is 14.4. The second-order valence-corrected chi connectivity index (χ2v) is 5.63. The van der Waals surface area contributed by atoms with Gasteiger partial charge < -0.3 is 10.2 Å². The number of nitrogens with zero attached hydrogens (tertiary/aromatic N) is 4. The molecule has 0 aliphatic rings. The Kier molecular flexibility index (Phi) is 5.48. The number of nitrogens with one attached hydrogen (secondary N) is 1. The van der Waals surface area contributed by atoms with Gasteiger partial charge in [0.1, 0.15) is 0 Å². The van der Waals surface area contributed by atoms with Crippen LogP contribution in [-0.2, 0) is 4.79 Å². The number of aryl methyl sites for hydroxylation is 2. The highest BCUT2D eigenvalue weighted by Gasteiger charge is 2.14. The topological polar surface area (TPSA) is 81.9 Å². The first-order valence-corrected chi connectivity index (χ1v) is 7.84. The molecule has 0 fully saturated rings. The summed E-state index contributed by atoms with van der Waals surface area (Å²) in [4.78, 5) is 22.3. The van der Waals surface area contributed by atoms with Crippen LogP contribution in [0.1, 0.15) is 36.6 Å². The van der Waals surface area contributed by atoms with Crippen molar-refractivity contribution in [2.75, 3.05) is 17.3 Å². The monoisotopic (exact) mass is 323 g/mol. The van der Waals surface area contributed by atoms with E-state index in [9.17, 15) is 4.79 Å². The Morgan fingerprint density at radius 2 is 2.12 bits per heavy atom. The van der Waals surface area contributed by atoms with Crippen LogP contribution in [0, 0.1) is 25.2 Å². The van der Waals surface area contributed by atoms with Gasteiger partial charge >= 0.3 is 0 Å². The zero-order valence-electron chi connectivity index (χ0n) is 14.4. The summed E-state index contributed by atoms with van der Waals surface area (Å²) in [7, 11) is 1.73. The molecule has 1 aromatic carbocycles. The third-order valence-electron chi connectivity index (χ3n) is 3.77. The first kappa shape index (κ1) is 17.4. The number of rotatable bonds is 5. The van der Waals surface area contributed by atoms with Crippen molar-refractivity contribution in [3.63, 3.8) is 0 Å². The van der Waals surface area contributed by atoms with E-state index in [-0.39, 0.29) is 5.91 Å². The maximum absolute atomic E-state index is 12.0. The van der Waals surface area contributed by atoms with Gasteiger partial charge in [0, 0.05) is 19.2 Å². The molecule has 2 aromatic rings. The van der Waals surface area contributed by atoms with Crippen molar-refractivity contribution < 1.29 is 4.79 Å². The third-order valence-corrected chi connectivity index (χ3v) is 3.77. The summed E-state index contributed by atoms with van der Waals surface area (Å²) in [5.41, 5.74) is 3.77. The quantitative estimate of drug-likeness (QED) is 0.911. The predicted molar refractivity (Wildman–Crippen MR) is 94.3 cm³/mol. The van der Waals surface area contributed by atoms with Crippen LogP contribution in [0.2, 0.25) is 0 Å². The van der Waals surface area contributed by atoms with Crippen molar-refractivity contribution in [2.45, 2.75) is 33.6 Å². The number of anilines is 3. The second kappa shape index (κ2) is 7.55.